The molecule has 108 valence electrons. The van der Waals surface area contributed by atoms with Crippen molar-refractivity contribution < 1.29 is 4.79 Å². The van der Waals surface area contributed by atoms with Gasteiger partial charge in [-0.2, -0.15) is 0 Å². The van der Waals surface area contributed by atoms with Gasteiger partial charge in [0, 0.05) is 13.1 Å². The smallest absolute Gasteiger partial charge is 0.315 e. The summed E-state index contributed by atoms with van der Waals surface area (Å²) in [5.74, 6) is 4.07. The number of rotatable bonds is 3. The Morgan fingerprint density at radius 1 is 1.40 bits per heavy atom. The van der Waals surface area contributed by atoms with Gasteiger partial charge < -0.3 is 15.2 Å². The molecule has 6 nitrogen and oxygen atoms in total. The van der Waals surface area contributed by atoms with Crippen LogP contribution in [-0.4, -0.2) is 26.8 Å². The number of nitrogens with one attached hydrogen (secondary N) is 2. The normalized spacial score (nSPS) is 38.4. The molecule has 0 radical (unpaired) electrons. The Kier molecular flexibility index (Phi) is 2.56. The van der Waals surface area contributed by atoms with Gasteiger partial charge >= 0.3 is 6.03 Å². The molecule has 0 saturated heterocycles. The largest absolute Gasteiger partial charge is 0.335 e. The molecule has 3 saturated carbocycles. The molecular formula is C14H21N5O. The second-order valence-electron chi connectivity index (χ2n) is 6.65. The van der Waals surface area contributed by atoms with Crippen LogP contribution in [0.5, 0.6) is 0 Å². The summed E-state index contributed by atoms with van der Waals surface area (Å²) >= 11 is 0. The molecule has 1 aromatic heterocycles. The molecule has 2 N–H and O–H groups in total. The third-order valence-electron chi connectivity index (χ3n) is 5.51. The number of hydrogen-bond donors (Lipinski definition) is 2. The molecule has 2 bridgehead atoms. The summed E-state index contributed by atoms with van der Waals surface area (Å²) < 4.78 is 1.83. The maximum atomic E-state index is 12.1. The number of aryl methyl sites for hydroxylation is 1. The molecular weight excluding hydrogens is 254 g/mol. The van der Waals surface area contributed by atoms with Crippen LogP contribution < -0.4 is 10.6 Å². The van der Waals surface area contributed by atoms with Crippen LogP contribution in [0.1, 0.15) is 38.1 Å². The Labute approximate surface area is 118 Å². The second-order valence-corrected chi connectivity index (χ2v) is 6.65. The van der Waals surface area contributed by atoms with Crippen LogP contribution in [0.25, 0.3) is 0 Å². The van der Waals surface area contributed by atoms with Crippen LogP contribution in [0, 0.1) is 23.7 Å². The first kappa shape index (κ1) is 12.2. The fraction of sp³-hybridized carbons (Fsp3) is 0.786. The number of fused-ring (bicyclic) bond motifs is 5. The molecule has 6 atom stereocenters. The zero-order valence-corrected chi connectivity index (χ0v) is 11.9. The van der Waals surface area contributed by atoms with Crippen LogP contribution in [0.15, 0.2) is 6.33 Å². The molecule has 0 aliphatic heterocycles. The van der Waals surface area contributed by atoms with Crippen LogP contribution >= 0.6 is 0 Å². The van der Waals surface area contributed by atoms with E-state index in [0.29, 0.717) is 6.04 Å². The lowest BCUT2D eigenvalue weighted by Gasteiger charge is -2.15. The van der Waals surface area contributed by atoms with Gasteiger partial charge in [-0.25, -0.2) is 4.79 Å². The Balaban J connectivity index is 1.33. The molecule has 3 aliphatic carbocycles. The minimum atomic E-state index is -0.127. The van der Waals surface area contributed by atoms with Crippen LogP contribution in [0.3, 0.4) is 0 Å². The van der Waals surface area contributed by atoms with Gasteiger partial charge in [-0.05, 0) is 49.9 Å². The quantitative estimate of drug-likeness (QED) is 0.871. The van der Waals surface area contributed by atoms with Crippen molar-refractivity contribution in [2.24, 2.45) is 30.7 Å². The highest BCUT2D eigenvalue weighted by atomic mass is 16.2. The molecule has 0 spiro atoms. The fourth-order valence-electron chi connectivity index (χ4n) is 4.66. The summed E-state index contributed by atoms with van der Waals surface area (Å²) in [4.78, 5) is 12.1. The van der Waals surface area contributed by atoms with E-state index in [1.165, 1.54) is 19.3 Å². The average molecular weight is 275 g/mol. The van der Waals surface area contributed by atoms with Crippen molar-refractivity contribution in [3.63, 3.8) is 0 Å². The van der Waals surface area contributed by atoms with Gasteiger partial charge in [-0.1, -0.05) is 0 Å². The third-order valence-corrected chi connectivity index (χ3v) is 5.51. The predicted molar refractivity (Wildman–Crippen MR) is 72.7 cm³/mol. The first-order chi connectivity index (χ1) is 9.65. The summed E-state index contributed by atoms with van der Waals surface area (Å²) in [6.45, 7) is 1.93. The van der Waals surface area contributed by atoms with E-state index in [-0.39, 0.29) is 12.1 Å². The van der Waals surface area contributed by atoms with E-state index in [9.17, 15) is 4.79 Å². The second kappa shape index (κ2) is 4.20. The van der Waals surface area contributed by atoms with Crippen molar-refractivity contribution in [1.29, 1.82) is 0 Å². The van der Waals surface area contributed by atoms with E-state index in [1.807, 2.05) is 18.5 Å². The van der Waals surface area contributed by atoms with Crippen LogP contribution in [0.4, 0.5) is 4.79 Å². The monoisotopic (exact) mass is 275 g/mol. The van der Waals surface area contributed by atoms with E-state index in [0.717, 1.165) is 29.5 Å². The number of nitrogens with zero attached hydrogens (tertiary/aromatic N) is 3. The van der Waals surface area contributed by atoms with E-state index in [1.54, 1.807) is 6.33 Å². The Bertz CT molecular complexity index is 525. The Hall–Kier alpha value is -1.59. The lowest BCUT2D eigenvalue weighted by Crippen LogP contribution is -2.40. The molecule has 2 amide bonds. The minimum absolute atomic E-state index is 0.0701. The molecule has 1 heterocycles. The molecule has 3 fully saturated rings. The highest BCUT2D eigenvalue weighted by Crippen LogP contribution is 2.65. The summed E-state index contributed by atoms with van der Waals surface area (Å²) in [6, 6.07) is 0.227. The fourth-order valence-corrected chi connectivity index (χ4v) is 4.66. The molecule has 3 aliphatic rings. The van der Waals surface area contributed by atoms with Gasteiger partial charge in [0.1, 0.15) is 6.33 Å². The molecule has 1 unspecified atom stereocenters. The predicted octanol–water partition coefficient (Wildman–Crippen LogP) is 1.22. The highest BCUT2D eigenvalue weighted by molar-refractivity contribution is 5.75. The highest BCUT2D eigenvalue weighted by Gasteiger charge is 2.65. The number of aromatic nitrogens is 3. The lowest BCUT2D eigenvalue weighted by atomic mass is 10.0. The van der Waals surface area contributed by atoms with Crippen molar-refractivity contribution in [2.75, 3.05) is 0 Å². The Morgan fingerprint density at radius 2 is 2.10 bits per heavy atom. The van der Waals surface area contributed by atoms with Gasteiger partial charge in [-0.15, -0.1) is 10.2 Å². The van der Waals surface area contributed by atoms with Crippen LogP contribution in [-0.2, 0) is 7.05 Å². The zero-order valence-electron chi connectivity index (χ0n) is 11.9. The number of urea groups is 1. The summed E-state index contributed by atoms with van der Waals surface area (Å²) in [5, 5.41) is 14.0. The average Bonchev–Trinajstić information content (AvgIpc) is 2.82. The van der Waals surface area contributed by atoms with Crippen molar-refractivity contribution in [3.05, 3.63) is 12.2 Å². The molecule has 0 aromatic carbocycles. The van der Waals surface area contributed by atoms with Gasteiger partial charge in [0.05, 0.1) is 6.04 Å². The minimum Gasteiger partial charge on any atom is -0.335 e. The van der Waals surface area contributed by atoms with Crippen molar-refractivity contribution in [2.45, 2.75) is 38.3 Å². The summed E-state index contributed by atoms with van der Waals surface area (Å²) in [5.41, 5.74) is 0. The first-order valence-corrected chi connectivity index (χ1v) is 7.56. The number of carbonyl (C=O) groups excluding carboxylic acids is 1. The SMILES string of the molecule is C[C@@H](NC(=O)NC1[C@@H]2[C@H]3CC[C@@H](C3)[C@H]12)c1nncn1C. The van der Waals surface area contributed by atoms with Crippen molar-refractivity contribution >= 4 is 6.03 Å². The molecule has 6 heteroatoms. The van der Waals surface area contributed by atoms with Gasteiger partial charge in [0.15, 0.2) is 5.82 Å². The zero-order chi connectivity index (χ0) is 13.9. The van der Waals surface area contributed by atoms with Gasteiger partial charge in [0.2, 0.25) is 0 Å². The summed E-state index contributed by atoms with van der Waals surface area (Å²) in [7, 11) is 1.88. The van der Waals surface area contributed by atoms with E-state index in [2.05, 4.69) is 20.8 Å². The standard InChI is InChI=1S/C14H21N5O/c1-7(13-18-15-6-19(13)2)16-14(20)17-12-10-8-3-4-9(5-8)11(10)12/h6-12H,3-5H2,1-2H3,(H2,16,17,20)/t7-,8+,9+,10-,11+,12?/m1/s1. The van der Waals surface area contributed by atoms with Gasteiger partial charge in [-0.3, -0.25) is 0 Å². The number of hydrogen-bond acceptors (Lipinski definition) is 3. The van der Waals surface area contributed by atoms with E-state index in [4.69, 9.17) is 0 Å². The molecule has 1 aromatic rings. The number of carbonyl (C=O) groups is 1. The van der Waals surface area contributed by atoms with Crippen LogP contribution in [0.2, 0.25) is 0 Å². The van der Waals surface area contributed by atoms with Gasteiger partial charge in [0.25, 0.3) is 0 Å². The number of amides is 2. The first-order valence-electron chi connectivity index (χ1n) is 7.56. The van der Waals surface area contributed by atoms with Crippen molar-refractivity contribution in [3.8, 4) is 0 Å². The maximum absolute atomic E-state index is 12.1. The van der Waals surface area contributed by atoms with E-state index >= 15 is 0 Å². The topological polar surface area (TPSA) is 71.8 Å². The maximum Gasteiger partial charge on any atom is 0.315 e. The van der Waals surface area contributed by atoms with Crippen molar-refractivity contribution in [1.82, 2.24) is 25.4 Å². The lowest BCUT2D eigenvalue weighted by molar-refractivity contribution is 0.234. The Morgan fingerprint density at radius 3 is 2.70 bits per heavy atom. The summed E-state index contributed by atoms with van der Waals surface area (Å²) in [6.07, 6.45) is 5.81. The third kappa shape index (κ3) is 1.73. The molecule has 20 heavy (non-hydrogen) atoms. The van der Waals surface area contributed by atoms with E-state index < -0.39 is 0 Å². The molecule has 4 rings (SSSR count).